The smallest absolute Gasteiger partial charge is 0.415 e. The maximum Gasteiger partial charge on any atom is 0.415 e. The van der Waals surface area contributed by atoms with E-state index in [-0.39, 0.29) is 62.7 Å². The van der Waals surface area contributed by atoms with Crippen LogP contribution < -0.4 is 9.64 Å². The molecule has 3 unspecified atom stereocenters. The van der Waals surface area contributed by atoms with Crippen molar-refractivity contribution in [3.8, 4) is 5.88 Å². The van der Waals surface area contributed by atoms with Gasteiger partial charge >= 0.3 is 16.9 Å². The number of aromatic nitrogens is 2. The summed E-state index contributed by atoms with van der Waals surface area (Å²) < 4.78 is 42.6. The Balaban J connectivity index is 1.12. The molecule has 7 rings (SSSR count). The fraction of sp³-hybridized carbons (Fsp3) is 0.725. The summed E-state index contributed by atoms with van der Waals surface area (Å²) in [5, 5.41) is 26.2. The third-order valence-corrected chi connectivity index (χ3v) is 17.5. The number of esters is 1. The third-order valence-electron chi connectivity index (χ3n) is 15.8. The van der Waals surface area contributed by atoms with Crippen LogP contribution in [0.3, 0.4) is 0 Å². The van der Waals surface area contributed by atoms with Gasteiger partial charge in [0, 0.05) is 0 Å². The van der Waals surface area contributed by atoms with Gasteiger partial charge in [0.1, 0.15) is 13.2 Å². The summed E-state index contributed by atoms with van der Waals surface area (Å²) in [5.74, 6) is 1.14. The molecule has 5 aliphatic rings. The third kappa shape index (κ3) is 5.17. The quantitative estimate of drug-likeness (QED) is 0.137. The van der Waals surface area contributed by atoms with Gasteiger partial charge in [-0.25, -0.2) is 8.42 Å². The Bertz CT molecular complexity index is 1810. The molecule has 0 spiro atoms. The molecule has 10 atom stereocenters. The predicted molar refractivity (Wildman–Crippen MR) is 189 cm³/mol. The van der Waals surface area contributed by atoms with E-state index < -0.39 is 26.2 Å². The fourth-order valence-electron chi connectivity index (χ4n) is 12.5. The average Bonchev–Trinajstić information content (AvgIpc) is 3.47. The van der Waals surface area contributed by atoms with E-state index in [1.54, 1.807) is 18.2 Å². The molecule has 1 aromatic carbocycles. The molecule has 1 N–H and O–H groups in total. The van der Waals surface area contributed by atoms with Gasteiger partial charge in [-0.05, 0) is 126 Å². The number of hydrogen-bond acceptors (Lipinski definition) is 9. The molecule has 4 fully saturated rings. The lowest BCUT2D eigenvalue weighted by Gasteiger charge is -2.71. The molecule has 1 heterocycles. The van der Waals surface area contributed by atoms with Crippen molar-refractivity contribution in [2.24, 2.45) is 56.7 Å². The second-order valence-corrected chi connectivity index (χ2v) is 19.9. The first-order valence-electron chi connectivity index (χ1n) is 19.0. The first kappa shape index (κ1) is 36.4. The lowest BCUT2D eigenvalue weighted by molar-refractivity contribution is -0.832. The topological polar surface area (TPSA) is 143 Å². The standard InChI is InChI=1S/C40H56N2O8S/c1-25-15-20-40(35(44)49-24-23-48-33-34(42(45)50-41-33)51(46,47)27-11-9-8-10-12-27)22-21-38(6)28(32(40)26(25)2)13-14-30-37(5)18-17-31(43)36(3,4)29(37)16-19-39(30,38)7/h8-13,25-26,29-32,43H,14-24H2,1-7H3/t25-,26+,29?,30-,31+,32?,37+,38-,39-,40?/m1/s1. The van der Waals surface area contributed by atoms with Crippen molar-refractivity contribution in [3.05, 3.63) is 47.2 Å². The van der Waals surface area contributed by atoms with Gasteiger partial charge in [0.15, 0.2) is 0 Å². The first-order chi connectivity index (χ1) is 23.9. The molecule has 0 radical (unpaired) electrons. The van der Waals surface area contributed by atoms with Gasteiger partial charge in [0.25, 0.3) is 9.84 Å². The number of benzene rings is 1. The minimum Gasteiger partial charge on any atom is -0.462 e. The van der Waals surface area contributed by atoms with Crippen LogP contribution in [-0.2, 0) is 19.4 Å². The van der Waals surface area contributed by atoms with E-state index in [2.05, 4.69) is 64.3 Å². The summed E-state index contributed by atoms with van der Waals surface area (Å²) in [5.41, 5.74) is 0.882. The van der Waals surface area contributed by atoms with Crippen molar-refractivity contribution in [1.82, 2.24) is 5.16 Å². The summed E-state index contributed by atoms with van der Waals surface area (Å²) in [4.78, 5) is 14.1. The summed E-state index contributed by atoms with van der Waals surface area (Å²) in [6, 6.07) is 7.53. The number of carbonyl (C=O) groups excluding carboxylic acids is 1. The van der Waals surface area contributed by atoms with E-state index in [1.165, 1.54) is 17.7 Å². The Morgan fingerprint density at radius 1 is 0.980 bits per heavy atom. The second kappa shape index (κ2) is 12.3. The zero-order valence-corrected chi connectivity index (χ0v) is 32.1. The highest BCUT2D eigenvalue weighted by Gasteiger charge is 2.69. The van der Waals surface area contributed by atoms with Crippen molar-refractivity contribution < 1.29 is 37.3 Å². The molecule has 2 aromatic rings. The summed E-state index contributed by atoms with van der Waals surface area (Å²) in [6.45, 7) is 16.4. The van der Waals surface area contributed by atoms with Gasteiger partial charge in [-0.1, -0.05) is 78.3 Å². The molecule has 4 saturated carbocycles. The Labute approximate surface area is 302 Å². The van der Waals surface area contributed by atoms with Gasteiger partial charge in [-0.15, -0.1) is 0 Å². The molecule has 10 nitrogen and oxygen atoms in total. The fourth-order valence-corrected chi connectivity index (χ4v) is 13.8. The zero-order chi connectivity index (χ0) is 36.8. The van der Waals surface area contributed by atoms with Crippen LogP contribution in [0.15, 0.2) is 56.5 Å². The highest BCUT2D eigenvalue weighted by Crippen LogP contribution is 2.75. The molecule has 0 aliphatic heterocycles. The molecule has 0 bridgehead atoms. The molecule has 280 valence electrons. The highest BCUT2D eigenvalue weighted by atomic mass is 32.2. The molecule has 5 aliphatic carbocycles. The Morgan fingerprint density at radius 3 is 2.43 bits per heavy atom. The number of hydrogen-bond donors (Lipinski definition) is 1. The van der Waals surface area contributed by atoms with E-state index in [0.29, 0.717) is 23.7 Å². The Hall–Kier alpha value is -2.92. The van der Waals surface area contributed by atoms with Crippen LogP contribution in [0.4, 0.5) is 0 Å². The van der Waals surface area contributed by atoms with Crippen molar-refractivity contribution in [2.75, 3.05) is 13.2 Å². The monoisotopic (exact) mass is 724 g/mol. The number of fused-ring (bicyclic) bond motifs is 7. The first-order valence-corrected chi connectivity index (χ1v) is 20.5. The summed E-state index contributed by atoms with van der Waals surface area (Å²) >= 11 is 0. The van der Waals surface area contributed by atoms with Crippen molar-refractivity contribution >= 4 is 15.8 Å². The van der Waals surface area contributed by atoms with E-state index >= 15 is 0 Å². The predicted octanol–water partition coefficient (Wildman–Crippen LogP) is 7.08. The van der Waals surface area contributed by atoms with Gasteiger partial charge in [0.2, 0.25) is 0 Å². The molecule has 0 amide bonds. The Kier molecular flexibility index (Phi) is 8.80. The maximum absolute atomic E-state index is 14.4. The zero-order valence-electron chi connectivity index (χ0n) is 31.3. The summed E-state index contributed by atoms with van der Waals surface area (Å²) in [7, 11) is -4.26. The van der Waals surface area contributed by atoms with Crippen molar-refractivity contribution in [1.29, 1.82) is 0 Å². The van der Waals surface area contributed by atoms with Crippen LogP contribution in [0.5, 0.6) is 5.88 Å². The number of ether oxygens (including phenoxy) is 2. The van der Waals surface area contributed by atoms with Crippen LogP contribution in [0, 0.1) is 61.9 Å². The van der Waals surface area contributed by atoms with Crippen molar-refractivity contribution in [3.63, 3.8) is 0 Å². The largest absolute Gasteiger partial charge is 0.462 e. The number of aliphatic hydroxyl groups excluding tert-OH is 1. The molecular formula is C40H56N2O8S. The highest BCUT2D eigenvalue weighted by molar-refractivity contribution is 7.91. The molecule has 1 aromatic heterocycles. The average molecular weight is 725 g/mol. The van der Waals surface area contributed by atoms with E-state index in [9.17, 15) is 23.5 Å². The summed E-state index contributed by atoms with van der Waals surface area (Å²) in [6.07, 6.45) is 10.8. The maximum atomic E-state index is 14.4. The second-order valence-electron chi connectivity index (χ2n) is 18.0. The van der Waals surface area contributed by atoms with E-state index in [1.807, 2.05) is 0 Å². The molecule has 0 saturated heterocycles. The van der Waals surface area contributed by atoms with Gasteiger partial charge in [-0.3, -0.25) is 9.42 Å². The number of sulfone groups is 1. The van der Waals surface area contributed by atoms with Crippen molar-refractivity contribution in [2.45, 2.75) is 122 Å². The molecular weight excluding hydrogens is 669 g/mol. The molecule has 51 heavy (non-hydrogen) atoms. The SMILES string of the molecule is C[C@@H]1CCC2(C(=O)OCCOc3no[n+]([O-])c3S(=O)(=O)c3ccccc3)CC[C@]3(C)C(=CC[C@@H]4[C@@]5(C)CC[C@H](O)C(C)(C)C5CC[C@]43C)C2[C@H]1C. The minimum absolute atomic E-state index is 0.0473. The number of carbonyl (C=O) groups is 1. The van der Waals surface area contributed by atoms with E-state index in [4.69, 9.17) is 9.47 Å². The van der Waals surface area contributed by atoms with E-state index in [0.717, 1.165) is 57.8 Å². The lowest BCUT2D eigenvalue weighted by Crippen LogP contribution is -2.65. The number of nitrogens with zero attached hydrogens (tertiary/aromatic N) is 2. The van der Waals surface area contributed by atoms with Gasteiger partial charge in [-0.2, -0.15) is 0 Å². The number of allylic oxidation sites excluding steroid dienone is 2. The van der Waals surface area contributed by atoms with Gasteiger partial charge in [0.05, 0.1) is 21.6 Å². The van der Waals surface area contributed by atoms with Crippen LogP contribution in [0.2, 0.25) is 0 Å². The van der Waals surface area contributed by atoms with Crippen LogP contribution in [0.1, 0.15) is 106 Å². The van der Waals surface area contributed by atoms with Crippen LogP contribution in [0.25, 0.3) is 0 Å². The van der Waals surface area contributed by atoms with Crippen LogP contribution >= 0.6 is 0 Å². The number of aliphatic hydroxyl groups is 1. The minimum atomic E-state index is -4.26. The number of rotatable bonds is 7. The van der Waals surface area contributed by atoms with Crippen LogP contribution in [-0.4, -0.2) is 44.0 Å². The molecule has 11 heteroatoms. The van der Waals surface area contributed by atoms with Gasteiger partial charge < -0.3 is 19.8 Å². The lowest BCUT2D eigenvalue weighted by atomic mass is 9.33. The normalized spacial score (nSPS) is 40.1. The Morgan fingerprint density at radius 2 is 1.71 bits per heavy atom.